The topological polar surface area (TPSA) is 76.0 Å². The van der Waals surface area contributed by atoms with Crippen LogP contribution in [-0.4, -0.2) is 27.9 Å². The molecule has 0 aliphatic heterocycles. The molecule has 27 heavy (non-hydrogen) atoms. The molecule has 3 rings (SSSR count). The zero-order valence-electron chi connectivity index (χ0n) is 15.1. The van der Waals surface area contributed by atoms with Crippen LogP contribution in [0.2, 0.25) is 0 Å². The van der Waals surface area contributed by atoms with Crippen molar-refractivity contribution in [1.29, 1.82) is 0 Å². The van der Waals surface area contributed by atoms with Crippen LogP contribution in [0.4, 0.5) is 11.5 Å². The molecule has 138 valence electrons. The second-order valence-corrected chi connectivity index (χ2v) is 6.80. The number of thioether (sulfide) groups is 1. The minimum Gasteiger partial charge on any atom is -0.321 e. The molecule has 1 aromatic heterocycles. The van der Waals surface area contributed by atoms with E-state index in [0.717, 1.165) is 17.0 Å². The minimum atomic E-state index is -0.336. The Morgan fingerprint density at radius 1 is 1.04 bits per heavy atom. The summed E-state index contributed by atoms with van der Waals surface area (Å²) in [6.07, 6.45) is 2.03. The molecule has 0 atom stereocenters. The molecule has 2 aromatic carbocycles. The molecule has 1 heterocycles. The molecule has 7 heteroatoms. The van der Waals surface area contributed by atoms with Crippen LogP contribution < -0.4 is 10.6 Å². The van der Waals surface area contributed by atoms with Crippen molar-refractivity contribution in [1.82, 2.24) is 9.78 Å². The maximum absolute atomic E-state index is 12.7. The average molecular weight is 380 g/mol. The van der Waals surface area contributed by atoms with Crippen molar-refractivity contribution in [2.24, 2.45) is 0 Å². The van der Waals surface area contributed by atoms with Gasteiger partial charge in [-0.05, 0) is 36.1 Å². The number of aromatic nitrogens is 2. The van der Waals surface area contributed by atoms with Crippen LogP contribution in [0.1, 0.15) is 23.0 Å². The van der Waals surface area contributed by atoms with E-state index in [1.807, 2.05) is 60.9 Å². The third-order valence-corrected chi connectivity index (χ3v) is 4.36. The lowest BCUT2D eigenvalue weighted by molar-refractivity contribution is -0.114. The van der Waals surface area contributed by atoms with Gasteiger partial charge in [-0.3, -0.25) is 9.59 Å². The summed E-state index contributed by atoms with van der Waals surface area (Å²) in [5, 5.41) is 9.96. The van der Waals surface area contributed by atoms with E-state index in [9.17, 15) is 9.59 Å². The number of amides is 2. The standard InChI is InChI=1S/C20H20N4O2S/c1-14(25)21-19-12-18(23-24(19)17-9-4-3-5-10-17)20(26)22-16-8-6-7-15(11-16)13-27-2/h3-12H,13H2,1-2H3,(H,21,25)(H,22,26). The first-order valence-electron chi connectivity index (χ1n) is 8.39. The smallest absolute Gasteiger partial charge is 0.276 e. The summed E-state index contributed by atoms with van der Waals surface area (Å²) in [5.74, 6) is 0.746. The molecule has 0 saturated heterocycles. The Hall–Kier alpha value is -3.06. The zero-order valence-corrected chi connectivity index (χ0v) is 15.9. The van der Waals surface area contributed by atoms with Crippen LogP contribution in [0.25, 0.3) is 5.69 Å². The Balaban J connectivity index is 1.87. The first-order chi connectivity index (χ1) is 13.1. The Morgan fingerprint density at radius 2 is 1.81 bits per heavy atom. The van der Waals surface area contributed by atoms with Gasteiger partial charge in [0.2, 0.25) is 5.91 Å². The van der Waals surface area contributed by atoms with Gasteiger partial charge in [0.1, 0.15) is 5.82 Å². The van der Waals surface area contributed by atoms with Gasteiger partial charge in [0.25, 0.3) is 5.91 Å². The van der Waals surface area contributed by atoms with Gasteiger partial charge < -0.3 is 10.6 Å². The van der Waals surface area contributed by atoms with Crippen molar-refractivity contribution in [3.8, 4) is 5.69 Å². The second-order valence-electron chi connectivity index (χ2n) is 5.93. The number of carbonyl (C=O) groups is 2. The molecule has 0 bridgehead atoms. The number of hydrogen-bond donors (Lipinski definition) is 2. The van der Waals surface area contributed by atoms with Crippen molar-refractivity contribution in [2.75, 3.05) is 16.9 Å². The lowest BCUT2D eigenvalue weighted by atomic mass is 10.2. The fraction of sp³-hybridized carbons (Fsp3) is 0.150. The molecule has 2 N–H and O–H groups in total. The van der Waals surface area contributed by atoms with Crippen LogP contribution >= 0.6 is 11.8 Å². The molecule has 2 amide bonds. The van der Waals surface area contributed by atoms with Gasteiger partial charge in [-0.25, -0.2) is 4.68 Å². The van der Waals surface area contributed by atoms with E-state index in [-0.39, 0.29) is 17.5 Å². The zero-order chi connectivity index (χ0) is 19.2. The van der Waals surface area contributed by atoms with Gasteiger partial charge in [0, 0.05) is 24.4 Å². The molecule has 3 aromatic rings. The summed E-state index contributed by atoms with van der Waals surface area (Å²) < 4.78 is 1.54. The van der Waals surface area contributed by atoms with Gasteiger partial charge in [0.05, 0.1) is 5.69 Å². The Labute approximate surface area is 162 Å². The van der Waals surface area contributed by atoms with E-state index in [4.69, 9.17) is 0 Å². The highest BCUT2D eigenvalue weighted by atomic mass is 32.2. The predicted molar refractivity (Wildman–Crippen MR) is 109 cm³/mol. The summed E-state index contributed by atoms with van der Waals surface area (Å²) in [4.78, 5) is 24.2. The molecule has 0 aliphatic rings. The van der Waals surface area contributed by atoms with E-state index in [2.05, 4.69) is 15.7 Å². The van der Waals surface area contributed by atoms with Gasteiger partial charge in [0.15, 0.2) is 5.69 Å². The number of para-hydroxylation sites is 1. The quantitative estimate of drug-likeness (QED) is 0.679. The summed E-state index contributed by atoms with van der Waals surface area (Å²) in [7, 11) is 0. The predicted octanol–water partition coefficient (Wildman–Crippen LogP) is 3.95. The van der Waals surface area contributed by atoms with E-state index >= 15 is 0 Å². The molecular weight excluding hydrogens is 360 g/mol. The SMILES string of the molecule is CSCc1cccc(NC(=O)c2cc(NC(C)=O)n(-c3ccccc3)n2)c1. The molecule has 0 saturated carbocycles. The van der Waals surface area contributed by atoms with Gasteiger partial charge in [-0.15, -0.1) is 0 Å². The van der Waals surface area contributed by atoms with Crippen molar-refractivity contribution in [3.63, 3.8) is 0 Å². The molecule has 6 nitrogen and oxygen atoms in total. The molecule has 0 radical (unpaired) electrons. The third kappa shape index (κ3) is 4.77. The number of hydrogen-bond acceptors (Lipinski definition) is 4. The van der Waals surface area contributed by atoms with Crippen LogP contribution in [0, 0.1) is 0 Å². The van der Waals surface area contributed by atoms with Gasteiger partial charge in [-0.2, -0.15) is 16.9 Å². The van der Waals surface area contributed by atoms with Crippen molar-refractivity contribution >= 4 is 35.1 Å². The van der Waals surface area contributed by atoms with Crippen LogP contribution in [0.15, 0.2) is 60.7 Å². The lowest BCUT2D eigenvalue weighted by Crippen LogP contribution is -2.13. The summed E-state index contributed by atoms with van der Waals surface area (Å²) in [5.41, 5.74) is 2.82. The van der Waals surface area contributed by atoms with E-state index in [0.29, 0.717) is 11.5 Å². The first-order valence-corrected chi connectivity index (χ1v) is 9.78. The largest absolute Gasteiger partial charge is 0.321 e. The average Bonchev–Trinajstić information content (AvgIpc) is 3.06. The van der Waals surface area contributed by atoms with E-state index in [1.54, 1.807) is 22.5 Å². The molecule has 0 aliphatic carbocycles. The lowest BCUT2D eigenvalue weighted by Gasteiger charge is -2.07. The number of anilines is 2. The van der Waals surface area contributed by atoms with Gasteiger partial charge in [-0.1, -0.05) is 30.3 Å². The monoisotopic (exact) mass is 380 g/mol. The summed E-state index contributed by atoms with van der Waals surface area (Å²) in [6, 6.07) is 18.6. The minimum absolute atomic E-state index is 0.220. The highest BCUT2D eigenvalue weighted by molar-refractivity contribution is 7.97. The van der Waals surface area contributed by atoms with Crippen LogP contribution in [0.5, 0.6) is 0 Å². The first kappa shape index (κ1) is 18.7. The Kier molecular flexibility index (Phi) is 5.93. The summed E-state index contributed by atoms with van der Waals surface area (Å²) >= 11 is 1.72. The Morgan fingerprint density at radius 3 is 2.52 bits per heavy atom. The van der Waals surface area contributed by atoms with Crippen molar-refractivity contribution < 1.29 is 9.59 Å². The van der Waals surface area contributed by atoms with Crippen molar-refractivity contribution in [2.45, 2.75) is 12.7 Å². The second kappa shape index (κ2) is 8.55. The number of nitrogens with zero attached hydrogens (tertiary/aromatic N) is 2. The highest BCUT2D eigenvalue weighted by Crippen LogP contribution is 2.19. The van der Waals surface area contributed by atoms with Crippen molar-refractivity contribution in [3.05, 3.63) is 71.9 Å². The maximum atomic E-state index is 12.7. The number of carbonyl (C=O) groups excluding carboxylic acids is 2. The number of nitrogens with one attached hydrogen (secondary N) is 2. The number of rotatable bonds is 6. The van der Waals surface area contributed by atoms with E-state index < -0.39 is 0 Å². The normalized spacial score (nSPS) is 10.4. The molecule has 0 unspecified atom stereocenters. The van der Waals surface area contributed by atoms with Crippen LogP contribution in [0.3, 0.4) is 0 Å². The van der Waals surface area contributed by atoms with Crippen LogP contribution in [-0.2, 0) is 10.5 Å². The Bertz CT molecular complexity index is 954. The van der Waals surface area contributed by atoms with E-state index in [1.165, 1.54) is 6.92 Å². The highest BCUT2D eigenvalue weighted by Gasteiger charge is 2.16. The maximum Gasteiger partial charge on any atom is 0.276 e. The fourth-order valence-electron chi connectivity index (χ4n) is 2.63. The molecule has 0 fully saturated rings. The third-order valence-electron chi connectivity index (χ3n) is 3.74. The molecular formula is C20H20N4O2S. The fourth-order valence-corrected chi connectivity index (χ4v) is 3.14. The summed E-state index contributed by atoms with van der Waals surface area (Å²) in [6.45, 7) is 1.42. The molecule has 0 spiro atoms. The number of benzene rings is 2. The van der Waals surface area contributed by atoms with Gasteiger partial charge >= 0.3 is 0 Å².